The van der Waals surface area contributed by atoms with Crippen LogP contribution in [-0.4, -0.2) is 0 Å². The quantitative estimate of drug-likeness (QED) is 0.0901. The highest BCUT2D eigenvalue weighted by molar-refractivity contribution is 6.06. The third-order valence-electron chi connectivity index (χ3n) is 26.7. The van der Waals surface area contributed by atoms with Crippen LogP contribution in [0.2, 0.25) is 0 Å². The lowest BCUT2D eigenvalue weighted by atomic mass is 9.70. The van der Waals surface area contributed by atoms with Crippen LogP contribution in [0.4, 0.5) is 68.2 Å². The largest absolute Gasteiger partial charge is 0.310 e. The minimum absolute atomic E-state index is 0.461. The van der Waals surface area contributed by atoms with Crippen molar-refractivity contribution in [1.29, 1.82) is 0 Å². The molecule has 0 fully saturated rings. The molecule has 0 aliphatic heterocycles. The number of hydrogen-bond acceptors (Lipinski definition) is 4. The Bertz CT molecular complexity index is 7510. The number of benzene rings is 20. The van der Waals surface area contributed by atoms with Crippen molar-refractivity contribution in [2.75, 3.05) is 19.6 Å². The maximum absolute atomic E-state index is 2.48. The van der Waals surface area contributed by atoms with Gasteiger partial charge in [0.25, 0.3) is 0 Å². The number of nitrogens with zero attached hydrogens (tertiary/aromatic N) is 4. The molecule has 2 spiro atoms. The number of para-hydroxylation sites is 5. The van der Waals surface area contributed by atoms with E-state index in [4.69, 9.17) is 0 Å². The zero-order chi connectivity index (χ0) is 83.2. The second-order valence-corrected chi connectivity index (χ2v) is 33.2. The molecular formula is C122H82N4. The average molecular weight is 1600 g/mol. The highest BCUT2D eigenvalue weighted by atomic mass is 15.2. The molecule has 1 unspecified atom stereocenters. The van der Waals surface area contributed by atoms with Gasteiger partial charge in [0.05, 0.1) is 33.6 Å². The molecule has 0 saturated heterocycles. The van der Waals surface area contributed by atoms with E-state index in [-0.39, 0.29) is 0 Å². The van der Waals surface area contributed by atoms with Crippen LogP contribution >= 0.6 is 0 Å². The Kier molecular flexibility index (Phi) is 17.7. The fraction of sp³-hybridized carbons (Fsp3) is 0.0164. The van der Waals surface area contributed by atoms with Crippen molar-refractivity contribution in [3.63, 3.8) is 0 Å². The van der Waals surface area contributed by atoms with E-state index in [1.54, 1.807) is 0 Å². The van der Waals surface area contributed by atoms with E-state index < -0.39 is 10.8 Å². The van der Waals surface area contributed by atoms with Gasteiger partial charge < -0.3 is 19.6 Å². The molecule has 0 aromatic heterocycles. The monoisotopic (exact) mass is 1600 g/mol. The first-order valence-electron chi connectivity index (χ1n) is 43.6. The Balaban J connectivity index is 0.582. The van der Waals surface area contributed by atoms with E-state index in [0.29, 0.717) is 0 Å². The zero-order valence-corrected chi connectivity index (χ0v) is 69.1. The van der Waals surface area contributed by atoms with Crippen LogP contribution in [0, 0.1) is 0 Å². The fourth-order valence-electron chi connectivity index (χ4n) is 21.5. The normalized spacial score (nSPS) is 13.5. The second kappa shape index (κ2) is 30.3. The summed E-state index contributed by atoms with van der Waals surface area (Å²) >= 11 is 0. The first kappa shape index (κ1) is 73.5. The van der Waals surface area contributed by atoms with Crippen molar-refractivity contribution in [2.45, 2.75) is 10.8 Å². The molecule has 0 radical (unpaired) electrons. The summed E-state index contributed by atoms with van der Waals surface area (Å²) in [6.07, 6.45) is 0. The topological polar surface area (TPSA) is 13.0 Å². The molecule has 4 aliphatic carbocycles. The Hall–Kier alpha value is -16.4. The third-order valence-corrected chi connectivity index (χ3v) is 26.7. The molecule has 0 heterocycles. The highest BCUT2D eigenvalue weighted by Gasteiger charge is 2.55. The van der Waals surface area contributed by atoms with Gasteiger partial charge in [-0.3, -0.25) is 0 Å². The van der Waals surface area contributed by atoms with Crippen LogP contribution in [-0.2, 0) is 10.8 Å². The zero-order valence-electron chi connectivity index (χ0n) is 69.1. The molecule has 24 rings (SSSR count). The standard InChI is InChI=1S/C122H82N4/c1-6-34-87(35-7-1)98-46-21-28-62-114(98)123(90-39-10-3-11-40-90)93-74-66-83(67-75-93)86-72-80-96(81-73-86)126(115-63-29-22-47-99(115)88-36-8-2-9-37-88)97-45-30-38-89(82-97)100-53-31-59-111-118(100)103-50-18-25-56-108(103)122(111)110-58-27-20-52-105(110)120-113(122)61-33-65-117(120)125(92-43-14-5-15-44-92)95-78-70-85(71-79-95)84-68-76-94(77-69-84)124(91-41-12-4-13-42-91)116-64-32-60-112-119(116)104-51-19-26-57-109(104)121(112)106-54-23-16-48-101(106)102-49-17-24-55-107(102)121/h1-82H. The Labute approximate surface area is 735 Å². The molecule has 0 amide bonds. The van der Waals surface area contributed by atoms with E-state index in [2.05, 4.69) is 517 Å². The van der Waals surface area contributed by atoms with Gasteiger partial charge in [-0.15, -0.1) is 0 Å². The minimum atomic E-state index is -0.657. The molecule has 590 valence electrons. The lowest BCUT2D eigenvalue weighted by molar-refractivity contribution is 0.794. The predicted octanol–water partition coefficient (Wildman–Crippen LogP) is 32.6. The maximum atomic E-state index is 2.48. The van der Waals surface area contributed by atoms with Gasteiger partial charge in [-0.05, 0) is 244 Å². The summed E-state index contributed by atoms with van der Waals surface area (Å²) in [4.78, 5) is 9.76. The number of fused-ring (bicyclic) bond motifs is 20. The van der Waals surface area contributed by atoms with Gasteiger partial charge >= 0.3 is 0 Å². The lowest BCUT2D eigenvalue weighted by Crippen LogP contribution is -2.26. The van der Waals surface area contributed by atoms with Gasteiger partial charge in [-0.25, -0.2) is 0 Å². The summed E-state index contributed by atoms with van der Waals surface area (Å²) in [6.45, 7) is 0. The Morgan fingerprint density at radius 3 is 0.722 bits per heavy atom. The maximum Gasteiger partial charge on any atom is 0.0726 e. The van der Waals surface area contributed by atoms with Gasteiger partial charge in [0.2, 0.25) is 0 Å². The van der Waals surface area contributed by atoms with Crippen molar-refractivity contribution in [3.8, 4) is 100 Å². The average Bonchev–Trinajstić information content (AvgIpc) is 1.52. The minimum Gasteiger partial charge on any atom is -0.310 e. The smallest absolute Gasteiger partial charge is 0.0726 e. The summed E-state index contributed by atoms with van der Waals surface area (Å²) in [5, 5.41) is 0. The molecule has 4 nitrogen and oxygen atoms in total. The first-order valence-corrected chi connectivity index (χ1v) is 43.6. The predicted molar refractivity (Wildman–Crippen MR) is 525 cm³/mol. The van der Waals surface area contributed by atoms with Gasteiger partial charge in [0.15, 0.2) is 0 Å². The van der Waals surface area contributed by atoms with Gasteiger partial charge in [0, 0.05) is 67.8 Å². The van der Waals surface area contributed by atoms with E-state index in [9.17, 15) is 0 Å². The summed E-state index contributed by atoms with van der Waals surface area (Å²) in [6, 6.07) is 184. The van der Waals surface area contributed by atoms with Gasteiger partial charge in [0.1, 0.15) is 0 Å². The van der Waals surface area contributed by atoms with E-state index in [1.165, 1.54) is 106 Å². The van der Waals surface area contributed by atoms with E-state index in [0.717, 1.165) is 107 Å². The first-order chi connectivity index (χ1) is 62.6. The van der Waals surface area contributed by atoms with Crippen LogP contribution < -0.4 is 19.6 Å². The molecule has 4 heteroatoms. The lowest BCUT2D eigenvalue weighted by Gasteiger charge is -2.32. The summed E-state index contributed by atoms with van der Waals surface area (Å²) < 4.78 is 0. The van der Waals surface area contributed by atoms with Crippen LogP contribution in [0.3, 0.4) is 0 Å². The number of rotatable bonds is 17. The van der Waals surface area contributed by atoms with Crippen molar-refractivity contribution in [1.82, 2.24) is 0 Å². The second-order valence-electron chi connectivity index (χ2n) is 33.2. The van der Waals surface area contributed by atoms with Crippen LogP contribution in [0.25, 0.3) is 100 Å². The molecule has 0 N–H and O–H groups in total. The molecule has 4 aliphatic rings. The summed E-state index contributed by atoms with van der Waals surface area (Å²) in [5.74, 6) is 0. The number of hydrogen-bond donors (Lipinski definition) is 0. The van der Waals surface area contributed by atoms with Crippen LogP contribution in [0.5, 0.6) is 0 Å². The highest BCUT2D eigenvalue weighted by Crippen LogP contribution is 2.68. The third kappa shape index (κ3) is 11.6. The van der Waals surface area contributed by atoms with E-state index >= 15 is 0 Å². The van der Waals surface area contributed by atoms with Crippen LogP contribution in [0.15, 0.2) is 497 Å². The van der Waals surface area contributed by atoms with Gasteiger partial charge in [-0.1, -0.05) is 376 Å². The molecule has 0 bridgehead atoms. The van der Waals surface area contributed by atoms with Crippen molar-refractivity contribution >= 4 is 68.2 Å². The van der Waals surface area contributed by atoms with Crippen molar-refractivity contribution in [2.24, 2.45) is 0 Å². The molecule has 0 saturated carbocycles. The van der Waals surface area contributed by atoms with Crippen LogP contribution in [0.1, 0.15) is 44.5 Å². The van der Waals surface area contributed by atoms with E-state index in [1.807, 2.05) is 0 Å². The van der Waals surface area contributed by atoms with Crippen molar-refractivity contribution < 1.29 is 0 Å². The molecular weight excluding hydrogens is 1520 g/mol. The molecule has 20 aromatic carbocycles. The van der Waals surface area contributed by atoms with Gasteiger partial charge in [-0.2, -0.15) is 0 Å². The Morgan fingerprint density at radius 2 is 0.341 bits per heavy atom. The SMILES string of the molecule is c1ccc(-c2ccccc2N(c2ccccc2)c2ccc(-c3ccc(N(c4cccc(-c5cccc6c5-c5ccccc5C65c6ccccc6-c6c(N(c7ccccc7)c7ccc(-c8ccc(N(c9ccccc9)c9cccc%10c9-c9ccccc9C%109c%10ccccc%10-c%10ccccc%109)cc8)cc7)cccc65)c4)c4ccccc4-c4ccccc4)cc3)cc2)cc1. The fourth-order valence-corrected chi connectivity index (χ4v) is 21.5. The Morgan fingerprint density at radius 1 is 0.119 bits per heavy atom. The van der Waals surface area contributed by atoms with Crippen molar-refractivity contribution in [3.05, 3.63) is 542 Å². The number of anilines is 12. The molecule has 126 heavy (non-hydrogen) atoms. The summed E-state index contributed by atoms with van der Waals surface area (Å²) in [7, 11) is 0. The molecule has 20 aromatic rings. The molecule has 1 atom stereocenters. The summed E-state index contributed by atoms with van der Waals surface area (Å²) in [5.41, 5.74) is 43.9.